The molecule has 0 aliphatic carbocycles. The molecule has 1 heterocycles. The van der Waals surface area contributed by atoms with Gasteiger partial charge in [-0.1, -0.05) is 0 Å². The number of aliphatic hydroxyl groups excluding tert-OH is 1. The number of hydrogen-bond acceptors (Lipinski definition) is 3. The summed E-state index contributed by atoms with van der Waals surface area (Å²) in [5, 5.41) is 11.7. The number of nitrogens with two attached hydrogens (primary N) is 2. The Balaban J connectivity index is 0.000000218. The van der Waals surface area contributed by atoms with Crippen LogP contribution in [0, 0.1) is 0 Å². The molecule has 0 amide bonds. The van der Waals surface area contributed by atoms with Gasteiger partial charge in [0.25, 0.3) is 0 Å². The molecule has 4 nitrogen and oxygen atoms in total. The molecule has 1 aliphatic heterocycles. The SMILES string of the molecule is NC(N)=S.OC[C@@H]1CCCN1. The van der Waals surface area contributed by atoms with Gasteiger partial charge in [0.1, 0.15) is 0 Å². The van der Waals surface area contributed by atoms with Gasteiger partial charge in [-0.25, -0.2) is 0 Å². The van der Waals surface area contributed by atoms with Gasteiger partial charge in [0.15, 0.2) is 5.11 Å². The van der Waals surface area contributed by atoms with E-state index < -0.39 is 0 Å². The second-order valence-electron chi connectivity index (χ2n) is 2.38. The highest BCUT2D eigenvalue weighted by atomic mass is 32.1. The van der Waals surface area contributed by atoms with Crippen molar-refractivity contribution >= 4 is 17.3 Å². The van der Waals surface area contributed by atoms with Crippen molar-refractivity contribution in [1.29, 1.82) is 0 Å². The number of thiocarbonyl (C=S) groups is 1. The van der Waals surface area contributed by atoms with Crippen molar-refractivity contribution < 1.29 is 5.11 Å². The first-order valence-electron chi connectivity index (χ1n) is 3.56. The van der Waals surface area contributed by atoms with E-state index in [-0.39, 0.29) is 5.11 Å². The van der Waals surface area contributed by atoms with Crippen LogP contribution in [-0.4, -0.2) is 29.4 Å². The van der Waals surface area contributed by atoms with Gasteiger partial charge in [0.2, 0.25) is 0 Å². The van der Waals surface area contributed by atoms with Crippen LogP contribution in [0.3, 0.4) is 0 Å². The Kier molecular flexibility index (Phi) is 6.10. The zero-order valence-electron chi connectivity index (χ0n) is 6.42. The molecule has 0 unspecified atom stereocenters. The fraction of sp³-hybridized carbons (Fsp3) is 0.833. The van der Waals surface area contributed by atoms with E-state index in [0.717, 1.165) is 13.0 Å². The first-order valence-corrected chi connectivity index (χ1v) is 3.96. The van der Waals surface area contributed by atoms with Crippen LogP contribution in [0.1, 0.15) is 12.8 Å². The summed E-state index contributed by atoms with van der Waals surface area (Å²) in [5.74, 6) is 0. The summed E-state index contributed by atoms with van der Waals surface area (Å²) >= 11 is 4.09. The molecule has 0 radical (unpaired) electrons. The Labute approximate surface area is 71.9 Å². The van der Waals surface area contributed by atoms with Crippen molar-refractivity contribution in [2.24, 2.45) is 11.5 Å². The van der Waals surface area contributed by atoms with Gasteiger partial charge in [-0.3, -0.25) is 0 Å². The van der Waals surface area contributed by atoms with Gasteiger partial charge in [-0.2, -0.15) is 0 Å². The van der Waals surface area contributed by atoms with Crippen LogP contribution >= 0.6 is 12.2 Å². The van der Waals surface area contributed by atoms with Crippen molar-refractivity contribution in [2.45, 2.75) is 18.9 Å². The van der Waals surface area contributed by atoms with E-state index in [9.17, 15) is 0 Å². The van der Waals surface area contributed by atoms with Crippen molar-refractivity contribution in [3.63, 3.8) is 0 Å². The van der Waals surface area contributed by atoms with Gasteiger partial charge < -0.3 is 21.9 Å². The van der Waals surface area contributed by atoms with Crippen LogP contribution in [0.4, 0.5) is 0 Å². The standard InChI is InChI=1S/C5H11NO.CH4N2S/c7-4-5-2-1-3-6-5;2-1(3)4/h5-7H,1-4H2;(H4,2,3,4)/t5-;/m0./s1. The van der Waals surface area contributed by atoms with E-state index in [4.69, 9.17) is 5.11 Å². The van der Waals surface area contributed by atoms with E-state index >= 15 is 0 Å². The van der Waals surface area contributed by atoms with Gasteiger partial charge in [-0.05, 0) is 31.6 Å². The number of rotatable bonds is 1. The quantitative estimate of drug-likeness (QED) is 0.383. The lowest BCUT2D eigenvalue weighted by atomic mass is 10.2. The molecule has 1 aliphatic rings. The minimum absolute atomic E-state index is 0.000000000000000222. The average Bonchev–Trinajstić information content (AvgIpc) is 2.36. The van der Waals surface area contributed by atoms with Crippen LogP contribution in [0.2, 0.25) is 0 Å². The van der Waals surface area contributed by atoms with E-state index in [1.807, 2.05) is 0 Å². The summed E-state index contributed by atoms with van der Waals surface area (Å²) in [6.45, 7) is 1.39. The zero-order valence-corrected chi connectivity index (χ0v) is 7.23. The molecular weight excluding hydrogens is 162 g/mol. The lowest BCUT2D eigenvalue weighted by Gasteiger charge is -2.01. The molecule has 0 bridgehead atoms. The molecule has 0 aromatic rings. The van der Waals surface area contributed by atoms with Crippen LogP contribution in [0.25, 0.3) is 0 Å². The van der Waals surface area contributed by atoms with Crippen molar-refractivity contribution in [2.75, 3.05) is 13.2 Å². The maximum Gasteiger partial charge on any atom is 0.160 e. The Morgan fingerprint density at radius 1 is 1.64 bits per heavy atom. The molecule has 1 atom stereocenters. The smallest absolute Gasteiger partial charge is 0.160 e. The summed E-state index contributed by atoms with van der Waals surface area (Å²) < 4.78 is 0. The maximum absolute atomic E-state index is 8.50. The van der Waals surface area contributed by atoms with Crippen LogP contribution in [0.5, 0.6) is 0 Å². The molecule has 5 heteroatoms. The van der Waals surface area contributed by atoms with Crippen molar-refractivity contribution in [3.8, 4) is 0 Å². The first-order chi connectivity index (χ1) is 5.16. The monoisotopic (exact) mass is 177 g/mol. The molecule has 1 rings (SSSR count). The summed E-state index contributed by atoms with van der Waals surface area (Å²) in [4.78, 5) is 0. The highest BCUT2D eigenvalue weighted by Crippen LogP contribution is 2.02. The Hall–Kier alpha value is -0.390. The van der Waals surface area contributed by atoms with E-state index in [0.29, 0.717) is 12.6 Å². The normalized spacial score (nSPS) is 22.1. The summed E-state index contributed by atoms with van der Waals surface area (Å²) in [6.07, 6.45) is 2.38. The predicted octanol–water partition coefficient (Wildman–Crippen LogP) is -1.08. The first kappa shape index (κ1) is 10.6. The molecule has 1 saturated heterocycles. The van der Waals surface area contributed by atoms with Gasteiger partial charge in [0, 0.05) is 6.04 Å². The number of nitrogens with one attached hydrogen (secondary N) is 1. The Morgan fingerprint density at radius 2 is 2.18 bits per heavy atom. The highest BCUT2D eigenvalue weighted by Gasteiger charge is 2.10. The molecule has 0 aromatic heterocycles. The second-order valence-corrected chi connectivity index (χ2v) is 2.85. The predicted molar refractivity (Wildman–Crippen MR) is 49.1 cm³/mol. The Bertz CT molecular complexity index is 110. The minimum Gasteiger partial charge on any atom is -0.395 e. The van der Waals surface area contributed by atoms with E-state index in [1.54, 1.807) is 0 Å². The molecule has 0 saturated carbocycles. The van der Waals surface area contributed by atoms with E-state index in [1.165, 1.54) is 6.42 Å². The molecule has 0 aromatic carbocycles. The molecular formula is C6H15N3OS. The third-order valence-electron chi connectivity index (χ3n) is 1.38. The van der Waals surface area contributed by atoms with Gasteiger partial charge in [-0.15, -0.1) is 0 Å². The van der Waals surface area contributed by atoms with Crippen molar-refractivity contribution in [1.82, 2.24) is 5.32 Å². The van der Waals surface area contributed by atoms with Crippen LogP contribution < -0.4 is 16.8 Å². The molecule has 1 fully saturated rings. The highest BCUT2D eigenvalue weighted by molar-refractivity contribution is 7.80. The largest absolute Gasteiger partial charge is 0.395 e. The third-order valence-corrected chi connectivity index (χ3v) is 1.38. The third kappa shape index (κ3) is 7.51. The second kappa shape index (κ2) is 6.33. The fourth-order valence-corrected chi connectivity index (χ4v) is 0.913. The van der Waals surface area contributed by atoms with Crippen LogP contribution in [-0.2, 0) is 0 Å². The minimum atomic E-state index is 0.000000000000000222. The average molecular weight is 177 g/mol. The zero-order chi connectivity index (χ0) is 8.69. The number of hydrogen-bond donors (Lipinski definition) is 4. The molecule has 11 heavy (non-hydrogen) atoms. The summed E-state index contributed by atoms with van der Waals surface area (Å²) in [7, 11) is 0. The Morgan fingerprint density at radius 3 is 2.36 bits per heavy atom. The summed E-state index contributed by atoms with van der Waals surface area (Å²) in [6, 6.07) is 0.403. The molecule has 66 valence electrons. The summed E-state index contributed by atoms with van der Waals surface area (Å²) in [5.41, 5.74) is 9.24. The molecule has 0 spiro atoms. The lowest BCUT2D eigenvalue weighted by Crippen LogP contribution is -2.24. The number of aliphatic hydroxyl groups is 1. The van der Waals surface area contributed by atoms with Gasteiger partial charge >= 0.3 is 0 Å². The van der Waals surface area contributed by atoms with E-state index in [2.05, 4.69) is 29.0 Å². The van der Waals surface area contributed by atoms with Gasteiger partial charge in [0.05, 0.1) is 6.61 Å². The fourth-order valence-electron chi connectivity index (χ4n) is 0.913. The van der Waals surface area contributed by atoms with Crippen molar-refractivity contribution in [3.05, 3.63) is 0 Å². The van der Waals surface area contributed by atoms with Crippen LogP contribution in [0.15, 0.2) is 0 Å². The lowest BCUT2D eigenvalue weighted by molar-refractivity contribution is 0.255. The molecule has 6 N–H and O–H groups in total. The maximum atomic E-state index is 8.50. The topological polar surface area (TPSA) is 84.3 Å².